The summed E-state index contributed by atoms with van der Waals surface area (Å²) >= 11 is 0. The van der Waals surface area contributed by atoms with Gasteiger partial charge in [0.25, 0.3) is 5.91 Å². The fraction of sp³-hybridized carbons (Fsp3) is 0.864. The summed E-state index contributed by atoms with van der Waals surface area (Å²) < 4.78 is 19.2. The molecule has 1 saturated heterocycles. The number of hydrogen-bond donors (Lipinski definition) is 2. The number of alkyl halides is 1. The molecule has 2 atom stereocenters. The summed E-state index contributed by atoms with van der Waals surface area (Å²) in [5.41, 5.74) is -0.729. The number of likely N-dealkylation sites (tertiary alicyclic amines) is 1. The molecular weight excluding hydrogens is 389 g/mol. The fourth-order valence-corrected chi connectivity index (χ4v) is 6.49. The van der Waals surface area contributed by atoms with Crippen LogP contribution in [0.1, 0.15) is 65.7 Å². The number of halogens is 1. The first kappa shape index (κ1) is 21.5. The van der Waals surface area contributed by atoms with Crippen molar-refractivity contribution in [2.45, 2.75) is 89.1 Å². The third-order valence-corrected chi connectivity index (χ3v) is 7.15. The number of carbonyl (C=O) groups excluding carboxylic acids is 3. The molecule has 5 rings (SSSR count). The molecule has 0 aromatic heterocycles. The second kappa shape index (κ2) is 7.77. The van der Waals surface area contributed by atoms with E-state index >= 15 is 0 Å². The molecule has 5 aliphatic rings. The summed E-state index contributed by atoms with van der Waals surface area (Å²) in [5.74, 6) is 1.30. The molecule has 0 aromatic carbocycles. The Morgan fingerprint density at radius 3 is 2.13 bits per heavy atom. The molecule has 0 radical (unpaired) electrons. The Bertz CT molecular complexity index is 684. The highest BCUT2D eigenvalue weighted by atomic mass is 19.1. The third-order valence-electron chi connectivity index (χ3n) is 7.15. The molecule has 1 heterocycles. The maximum atomic E-state index is 14.1. The van der Waals surface area contributed by atoms with Gasteiger partial charge in [0.2, 0.25) is 5.91 Å². The molecule has 2 N–H and O–H groups in total. The standard InChI is InChI=1S/C22H34FN3O4/c1-21(2,3)30-20(29)25-19(28)17-7-16(23)12-26(17)18(27)11-24-22-8-13-4-14(9-22)6-15(5-13)10-22/h13-17,24H,4-12H2,1-3H3,(H,25,28,29). The highest BCUT2D eigenvalue weighted by Gasteiger charge is 2.51. The molecule has 4 saturated carbocycles. The van der Waals surface area contributed by atoms with E-state index in [1.54, 1.807) is 20.8 Å². The van der Waals surface area contributed by atoms with Crippen molar-refractivity contribution in [2.24, 2.45) is 17.8 Å². The van der Waals surface area contributed by atoms with Crippen molar-refractivity contribution in [1.29, 1.82) is 0 Å². The highest BCUT2D eigenvalue weighted by Crippen LogP contribution is 2.55. The number of nitrogens with zero attached hydrogens (tertiary/aromatic N) is 1. The first-order valence-electron chi connectivity index (χ1n) is 11.2. The summed E-state index contributed by atoms with van der Waals surface area (Å²) in [7, 11) is 0. The van der Waals surface area contributed by atoms with Crippen LogP contribution in [0, 0.1) is 17.8 Å². The second-order valence-corrected chi connectivity index (χ2v) is 10.9. The quantitative estimate of drug-likeness (QED) is 0.726. The molecular formula is C22H34FN3O4. The molecule has 4 bridgehead atoms. The Morgan fingerprint density at radius 1 is 1.03 bits per heavy atom. The molecule has 0 aromatic rings. The first-order chi connectivity index (χ1) is 14.0. The predicted octanol–water partition coefficient (Wildman–Crippen LogP) is 2.54. The molecule has 2 unspecified atom stereocenters. The Balaban J connectivity index is 1.34. The van der Waals surface area contributed by atoms with Gasteiger partial charge in [-0.3, -0.25) is 14.9 Å². The fourth-order valence-electron chi connectivity index (χ4n) is 6.49. The van der Waals surface area contributed by atoms with Gasteiger partial charge < -0.3 is 15.0 Å². The van der Waals surface area contributed by atoms with Gasteiger partial charge in [0.05, 0.1) is 13.1 Å². The average molecular weight is 424 g/mol. The van der Waals surface area contributed by atoms with Crippen LogP contribution in [0.5, 0.6) is 0 Å². The normalized spacial score (nSPS) is 37.3. The lowest BCUT2D eigenvalue weighted by atomic mass is 9.53. The Morgan fingerprint density at radius 2 is 1.60 bits per heavy atom. The van der Waals surface area contributed by atoms with Crippen LogP contribution in [0.25, 0.3) is 0 Å². The van der Waals surface area contributed by atoms with Crippen molar-refractivity contribution in [1.82, 2.24) is 15.5 Å². The van der Waals surface area contributed by atoms with E-state index in [1.165, 1.54) is 24.2 Å². The van der Waals surface area contributed by atoms with E-state index in [-0.39, 0.29) is 31.0 Å². The van der Waals surface area contributed by atoms with Crippen LogP contribution in [0.4, 0.5) is 9.18 Å². The van der Waals surface area contributed by atoms with Gasteiger partial charge in [0, 0.05) is 12.0 Å². The Labute approximate surface area is 177 Å². The SMILES string of the molecule is CC(C)(C)OC(=O)NC(=O)C1CC(F)CN1C(=O)CNC12CC3CC(CC(C3)C1)C2. The summed E-state index contributed by atoms with van der Waals surface area (Å²) in [6.45, 7) is 5.06. The lowest BCUT2D eigenvalue weighted by molar-refractivity contribution is -0.138. The molecule has 7 nitrogen and oxygen atoms in total. The van der Waals surface area contributed by atoms with E-state index in [4.69, 9.17) is 4.74 Å². The average Bonchev–Trinajstić information content (AvgIpc) is 2.99. The third kappa shape index (κ3) is 4.63. The van der Waals surface area contributed by atoms with E-state index in [9.17, 15) is 18.8 Å². The van der Waals surface area contributed by atoms with Crippen LogP contribution >= 0.6 is 0 Å². The lowest BCUT2D eigenvalue weighted by Gasteiger charge is -2.57. The van der Waals surface area contributed by atoms with Gasteiger partial charge in [-0.2, -0.15) is 0 Å². The second-order valence-electron chi connectivity index (χ2n) is 10.9. The number of amides is 3. The minimum Gasteiger partial charge on any atom is -0.444 e. The van der Waals surface area contributed by atoms with Gasteiger partial charge in [0.1, 0.15) is 17.8 Å². The van der Waals surface area contributed by atoms with Crippen LogP contribution in [0.3, 0.4) is 0 Å². The van der Waals surface area contributed by atoms with Crippen LogP contribution < -0.4 is 10.6 Å². The number of rotatable bonds is 4. The zero-order chi connectivity index (χ0) is 21.7. The molecule has 5 fully saturated rings. The van der Waals surface area contributed by atoms with Crippen LogP contribution in [-0.2, 0) is 14.3 Å². The highest BCUT2D eigenvalue weighted by molar-refractivity contribution is 5.97. The zero-order valence-corrected chi connectivity index (χ0v) is 18.2. The van der Waals surface area contributed by atoms with Gasteiger partial charge >= 0.3 is 6.09 Å². The molecule has 1 aliphatic heterocycles. The van der Waals surface area contributed by atoms with Crippen molar-refractivity contribution in [2.75, 3.05) is 13.1 Å². The van der Waals surface area contributed by atoms with Gasteiger partial charge in [-0.25, -0.2) is 9.18 Å². The lowest BCUT2D eigenvalue weighted by Crippen LogP contribution is -2.60. The number of ether oxygens (including phenoxy) is 1. The molecule has 168 valence electrons. The Kier molecular flexibility index (Phi) is 5.58. The Hall–Kier alpha value is -1.70. The summed E-state index contributed by atoms with van der Waals surface area (Å²) in [4.78, 5) is 38.6. The summed E-state index contributed by atoms with van der Waals surface area (Å²) in [5, 5.41) is 5.67. The number of nitrogens with one attached hydrogen (secondary N) is 2. The van der Waals surface area contributed by atoms with Crippen molar-refractivity contribution in [3.63, 3.8) is 0 Å². The maximum Gasteiger partial charge on any atom is 0.414 e. The number of carbonyl (C=O) groups is 3. The predicted molar refractivity (Wildman–Crippen MR) is 108 cm³/mol. The van der Waals surface area contributed by atoms with Crippen molar-refractivity contribution < 1.29 is 23.5 Å². The number of hydrogen-bond acceptors (Lipinski definition) is 5. The summed E-state index contributed by atoms with van der Waals surface area (Å²) in [6.07, 6.45) is 5.03. The zero-order valence-electron chi connectivity index (χ0n) is 18.2. The maximum absolute atomic E-state index is 14.1. The van der Waals surface area contributed by atoms with E-state index in [1.807, 2.05) is 0 Å². The summed E-state index contributed by atoms with van der Waals surface area (Å²) in [6, 6.07) is -0.988. The molecule has 3 amide bonds. The molecule has 8 heteroatoms. The minimum atomic E-state index is -1.28. The minimum absolute atomic E-state index is 0.0213. The van der Waals surface area contributed by atoms with E-state index < -0.39 is 29.8 Å². The molecule has 30 heavy (non-hydrogen) atoms. The van der Waals surface area contributed by atoms with Crippen molar-refractivity contribution in [3.8, 4) is 0 Å². The van der Waals surface area contributed by atoms with Gasteiger partial charge in [-0.05, 0) is 77.0 Å². The number of imide groups is 1. The number of alkyl carbamates (subject to hydrolysis) is 1. The van der Waals surface area contributed by atoms with E-state index in [0.29, 0.717) is 0 Å². The smallest absolute Gasteiger partial charge is 0.414 e. The van der Waals surface area contributed by atoms with E-state index in [0.717, 1.165) is 37.0 Å². The first-order valence-corrected chi connectivity index (χ1v) is 11.2. The van der Waals surface area contributed by atoms with Gasteiger partial charge in [0.15, 0.2) is 0 Å². The van der Waals surface area contributed by atoms with Gasteiger partial charge in [-0.15, -0.1) is 0 Å². The monoisotopic (exact) mass is 423 g/mol. The largest absolute Gasteiger partial charge is 0.444 e. The van der Waals surface area contributed by atoms with Crippen LogP contribution in [-0.4, -0.2) is 59.3 Å². The van der Waals surface area contributed by atoms with Crippen molar-refractivity contribution >= 4 is 17.9 Å². The molecule has 0 spiro atoms. The van der Waals surface area contributed by atoms with Gasteiger partial charge in [-0.1, -0.05) is 0 Å². The van der Waals surface area contributed by atoms with E-state index in [2.05, 4.69) is 10.6 Å². The van der Waals surface area contributed by atoms with Crippen LogP contribution in [0.15, 0.2) is 0 Å². The molecule has 4 aliphatic carbocycles. The van der Waals surface area contributed by atoms with Crippen molar-refractivity contribution in [3.05, 3.63) is 0 Å². The van der Waals surface area contributed by atoms with Crippen LogP contribution in [0.2, 0.25) is 0 Å². The topological polar surface area (TPSA) is 87.7 Å².